The van der Waals surface area contributed by atoms with Gasteiger partial charge in [-0.2, -0.15) is 0 Å². The fourth-order valence-electron chi connectivity index (χ4n) is 0.609. The first kappa shape index (κ1) is 8.50. The fourth-order valence-corrected chi connectivity index (χ4v) is 0.858. The molecule has 0 saturated carbocycles. The lowest BCUT2D eigenvalue weighted by atomic mass is 10.3. The van der Waals surface area contributed by atoms with E-state index >= 15 is 0 Å². The highest BCUT2D eigenvalue weighted by molar-refractivity contribution is 6.31. The number of nitrogens with zero attached hydrogens (tertiary/aromatic N) is 1. The van der Waals surface area contributed by atoms with E-state index in [1.807, 2.05) is 0 Å². The number of aromatic nitrogens is 1. The second-order valence-corrected chi connectivity index (χ2v) is 2.62. The highest BCUT2D eigenvalue weighted by Gasteiger charge is 2.03. The van der Waals surface area contributed by atoms with Gasteiger partial charge in [0.05, 0.1) is 10.9 Å². The molecule has 4 heteroatoms. The molecule has 0 fully saturated rings. The van der Waals surface area contributed by atoms with Crippen LogP contribution in [0.15, 0.2) is 18.3 Å². The lowest BCUT2D eigenvalue weighted by Crippen LogP contribution is -2.02. The standard InChI is InChI=1S/C7H5Cl2NO/c8-3-7(11)6-2-1-5(9)4-10-6/h1-2,4H,3H2. The highest BCUT2D eigenvalue weighted by atomic mass is 35.5. The summed E-state index contributed by atoms with van der Waals surface area (Å²) in [6, 6.07) is 3.15. The summed E-state index contributed by atoms with van der Waals surface area (Å²) in [4.78, 5) is 14.7. The Kier molecular flexibility index (Phi) is 2.85. The maximum atomic E-state index is 10.9. The third kappa shape index (κ3) is 2.17. The first-order chi connectivity index (χ1) is 5.24. The van der Waals surface area contributed by atoms with Crippen molar-refractivity contribution >= 4 is 29.0 Å². The topological polar surface area (TPSA) is 30.0 Å². The molecule has 0 spiro atoms. The van der Waals surface area contributed by atoms with Gasteiger partial charge in [0, 0.05) is 6.20 Å². The van der Waals surface area contributed by atoms with Crippen LogP contribution in [-0.4, -0.2) is 16.6 Å². The SMILES string of the molecule is O=C(CCl)c1ccc(Cl)cn1. The van der Waals surface area contributed by atoms with Crippen molar-refractivity contribution in [2.75, 3.05) is 5.88 Å². The molecule has 11 heavy (non-hydrogen) atoms. The van der Waals surface area contributed by atoms with Crippen molar-refractivity contribution < 1.29 is 4.79 Å². The van der Waals surface area contributed by atoms with Crippen molar-refractivity contribution in [2.24, 2.45) is 0 Å². The van der Waals surface area contributed by atoms with Gasteiger partial charge in [0.2, 0.25) is 0 Å². The zero-order chi connectivity index (χ0) is 8.27. The summed E-state index contributed by atoms with van der Waals surface area (Å²) in [5.41, 5.74) is 0.351. The number of ketones is 1. The third-order valence-corrected chi connectivity index (χ3v) is 1.60. The van der Waals surface area contributed by atoms with Crippen LogP contribution in [0.2, 0.25) is 5.02 Å². The molecule has 2 nitrogen and oxygen atoms in total. The molecule has 1 heterocycles. The Morgan fingerprint density at radius 3 is 2.73 bits per heavy atom. The number of Topliss-reactive ketones (excluding diaryl/α,β-unsaturated/α-hetero) is 1. The number of carbonyl (C=O) groups excluding carboxylic acids is 1. The minimum absolute atomic E-state index is 0.0470. The van der Waals surface area contributed by atoms with E-state index < -0.39 is 0 Å². The first-order valence-corrected chi connectivity index (χ1v) is 3.86. The molecule has 0 aliphatic rings. The molecule has 1 aromatic heterocycles. The van der Waals surface area contributed by atoms with E-state index in [1.54, 1.807) is 12.1 Å². The van der Waals surface area contributed by atoms with E-state index in [2.05, 4.69) is 4.98 Å². The lowest BCUT2D eigenvalue weighted by molar-refractivity contribution is 0.101. The minimum Gasteiger partial charge on any atom is -0.291 e. The molecule has 0 aromatic carbocycles. The molecule has 0 amide bonds. The average molecular weight is 190 g/mol. The summed E-state index contributed by atoms with van der Waals surface area (Å²) in [5, 5.41) is 0.510. The van der Waals surface area contributed by atoms with E-state index in [0.29, 0.717) is 10.7 Å². The zero-order valence-electron chi connectivity index (χ0n) is 5.55. The molecule has 0 bridgehead atoms. The highest BCUT2D eigenvalue weighted by Crippen LogP contribution is 2.06. The Labute approximate surface area is 74.1 Å². The Hall–Kier alpha value is -0.600. The molecular weight excluding hydrogens is 185 g/mol. The number of alkyl halides is 1. The quantitative estimate of drug-likeness (QED) is 0.528. The van der Waals surface area contributed by atoms with Crippen LogP contribution >= 0.6 is 23.2 Å². The number of pyridine rings is 1. The smallest absolute Gasteiger partial charge is 0.195 e. The molecule has 58 valence electrons. The van der Waals surface area contributed by atoms with Gasteiger partial charge in [0.15, 0.2) is 5.78 Å². The van der Waals surface area contributed by atoms with Crippen molar-refractivity contribution in [2.45, 2.75) is 0 Å². The van der Waals surface area contributed by atoms with Crippen molar-refractivity contribution in [1.82, 2.24) is 4.98 Å². The average Bonchev–Trinajstić information content (AvgIpc) is 2.05. The minimum atomic E-state index is -0.191. The summed E-state index contributed by atoms with van der Waals surface area (Å²) in [6.45, 7) is 0. The molecule has 0 radical (unpaired) electrons. The summed E-state index contributed by atoms with van der Waals surface area (Å²) in [5.74, 6) is -0.238. The Balaban J connectivity index is 2.90. The molecule has 0 aliphatic heterocycles. The molecule has 1 aromatic rings. The van der Waals surface area contributed by atoms with Crippen LogP contribution in [0, 0.1) is 0 Å². The van der Waals surface area contributed by atoms with Crippen LogP contribution in [0.4, 0.5) is 0 Å². The van der Waals surface area contributed by atoms with E-state index in [1.165, 1.54) is 6.20 Å². The van der Waals surface area contributed by atoms with Crippen LogP contribution < -0.4 is 0 Å². The van der Waals surface area contributed by atoms with Crippen LogP contribution in [0.1, 0.15) is 10.5 Å². The van der Waals surface area contributed by atoms with E-state index in [-0.39, 0.29) is 11.7 Å². The molecular formula is C7H5Cl2NO. The van der Waals surface area contributed by atoms with Crippen LogP contribution in [0.25, 0.3) is 0 Å². The summed E-state index contributed by atoms with van der Waals surface area (Å²) < 4.78 is 0. The number of hydrogen-bond donors (Lipinski definition) is 0. The lowest BCUT2D eigenvalue weighted by Gasteiger charge is -1.93. The van der Waals surface area contributed by atoms with Gasteiger partial charge in [0.25, 0.3) is 0 Å². The van der Waals surface area contributed by atoms with Gasteiger partial charge >= 0.3 is 0 Å². The van der Waals surface area contributed by atoms with Crippen molar-refractivity contribution in [3.8, 4) is 0 Å². The van der Waals surface area contributed by atoms with E-state index in [0.717, 1.165) is 0 Å². The van der Waals surface area contributed by atoms with Gasteiger partial charge in [-0.05, 0) is 12.1 Å². The molecule has 0 saturated heterocycles. The van der Waals surface area contributed by atoms with E-state index in [4.69, 9.17) is 23.2 Å². The van der Waals surface area contributed by atoms with Gasteiger partial charge in [-0.15, -0.1) is 11.6 Å². The van der Waals surface area contributed by atoms with Crippen molar-refractivity contribution in [3.63, 3.8) is 0 Å². The largest absolute Gasteiger partial charge is 0.291 e. The molecule has 0 N–H and O–H groups in total. The molecule has 0 unspecified atom stereocenters. The Bertz CT molecular complexity index is 258. The van der Waals surface area contributed by atoms with Gasteiger partial charge in [-0.25, -0.2) is 0 Å². The molecule has 1 rings (SSSR count). The van der Waals surface area contributed by atoms with Gasteiger partial charge in [0.1, 0.15) is 5.69 Å². The monoisotopic (exact) mass is 189 g/mol. The third-order valence-electron chi connectivity index (χ3n) is 1.13. The predicted octanol–water partition coefficient (Wildman–Crippen LogP) is 2.16. The van der Waals surface area contributed by atoms with Crippen LogP contribution in [0.3, 0.4) is 0 Å². The second kappa shape index (κ2) is 3.69. The van der Waals surface area contributed by atoms with Gasteiger partial charge in [-0.3, -0.25) is 9.78 Å². The van der Waals surface area contributed by atoms with Gasteiger partial charge < -0.3 is 0 Å². The fraction of sp³-hybridized carbons (Fsp3) is 0.143. The summed E-state index contributed by atoms with van der Waals surface area (Å²) >= 11 is 10.9. The first-order valence-electron chi connectivity index (χ1n) is 2.95. The molecule has 0 atom stereocenters. The van der Waals surface area contributed by atoms with Crippen molar-refractivity contribution in [3.05, 3.63) is 29.0 Å². The number of rotatable bonds is 2. The van der Waals surface area contributed by atoms with Crippen LogP contribution in [-0.2, 0) is 0 Å². The molecule has 0 aliphatic carbocycles. The van der Waals surface area contributed by atoms with Gasteiger partial charge in [-0.1, -0.05) is 11.6 Å². The summed E-state index contributed by atoms with van der Waals surface area (Å²) in [6.07, 6.45) is 1.42. The second-order valence-electron chi connectivity index (χ2n) is 1.92. The summed E-state index contributed by atoms with van der Waals surface area (Å²) in [7, 11) is 0. The predicted molar refractivity (Wildman–Crippen MR) is 44.3 cm³/mol. The number of halogens is 2. The van der Waals surface area contributed by atoms with Crippen LogP contribution in [0.5, 0.6) is 0 Å². The maximum absolute atomic E-state index is 10.9. The van der Waals surface area contributed by atoms with Crippen molar-refractivity contribution in [1.29, 1.82) is 0 Å². The Morgan fingerprint density at radius 2 is 2.27 bits per heavy atom. The number of hydrogen-bond acceptors (Lipinski definition) is 2. The zero-order valence-corrected chi connectivity index (χ0v) is 7.06. The van der Waals surface area contributed by atoms with E-state index in [9.17, 15) is 4.79 Å². The normalized spacial score (nSPS) is 9.64. The number of carbonyl (C=O) groups is 1. The Morgan fingerprint density at radius 1 is 1.55 bits per heavy atom. The maximum Gasteiger partial charge on any atom is 0.195 e.